The summed E-state index contributed by atoms with van der Waals surface area (Å²) in [6, 6.07) is 5.66. The molecule has 0 aliphatic carbocycles. The Kier molecular flexibility index (Phi) is 5.23. The summed E-state index contributed by atoms with van der Waals surface area (Å²) in [4.78, 5) is 0. The van der Waals surface area contributed by atoms with Crippen molar-refractivity contribution in [2.24, 2.45) is 0 Å². The summed E-state index contributed by atoms with van der Waals surface area (Å²) in [5.41, 5.74) is 8.59. The molecule has 0 aliphatic rings. The van der Waals surface area contributed by atoms with Crippen LogP contribution in [0, 0.1) is 6.92 Å². The van der Waals surface area contributed by atoms with Crippen molar-refractivity contribution in [1.29, 1.82) is 0 Å². The van der Waals surface area contributed by atoms with Crippen molar-refractivity contribution in [3.8, 4) is 22.6 Å². The Labute approximate surface area is 113 Å². The highest BCUT2D eigenvalue weighted by molar-refractivity contribution is 5.77. The second-order valence-electron chi connectivity index (χ2n) is 3.68. The number of nitrogen functional groups attached to an aromatic ring is 1. The number of nitrogens with one attached hydrogen (secondary N) is 1. The molecule has 3 N–H and O–H groups in total. The van der Waals surface area contributed by atoms with Crippen molar-refractivity contribution < 1.29 is 9.47 Å². The first-order chi connectivity index (χ1) is 9.17. The van der Waals surface area contributed by atoms with Crippen molar-refractivity contribution in [2.75, 3.05) is 20.0 Å². The van der Waals surface area contributed by atoms with E-state index in [0.29, 0.717) is 17.3 Å². The van der Waals surface area contributed by atoms with Crippen molar-refractivity contribution in [2.45, 2.75) is 20.8 Å². The van der Waals surface area contributed by atoms with E-state index in [9.17, 15) is 0 Å². The van der Waals surface area contributed by atoms with Gasteiger partial charge in [-0.3, -0.25) is 5.10 Å². The summed E-state index contributed by atoms with van der Waals surface area (Å²) in [5, 5.41) is 6.83. The van der Waals surface area contributed by atoms with Gasteiger partial charge in [0.1, 0.15) is 0 Å². The highest BCUT2D eigenvalue weighted by Crippen LogP contribution is 2.35. The molecule has 1 aromatic carbocycles. The maximum absolute atomic E-state index is 5.82. The molecule has 2 aromatic rings. The van der Waals surface area contributed by atoms with Crippen LogP contribution in [0.1, 0.15) is 19.5 Å². The van der Waals surface area contributed by atoms with E-state index in [1.165, 1.54) is 0 Å². The maximum atomic E-state index is 5.82. The van der Waals surface area contributed by atoms with Gasteiger partial charge in [-0.15, -0.1) is 0 Å². The Morgan fingerprint density at radius 1 is 1.11 bits per heavy atom. The van der Waals surface area contributed by atoms with E-state index >= 15 is 0 Å². The number of anilines is 1. The van der Waals surface area contributed by atoms with E-state index in [0.717, 1.165) is 16.8 Å². The van der Waals surface area contributed by atoms with Crippen molar-refractivity contribution in [3.05, 3.63) is 23.9 Å². The molecular weight excluding hydrogens is 242 g/mol. The molecule has 2 rings (SSSR count). The van der Waals surface area contributed by atoms with Gasteiger partial charge in [0.25, 0.3) is 0 Å². The molecule has 0 unspecified atom stereocenters. The lowest BCUT2D eigenvalue weighted by Gasteiger charge is -2.09. The normalized spacial score (nSPS) is 9.53. The highest BCUT2D eigenvalue weighted by atomic mass is 16.5. The van der Waals surface area contributed by atoms with Crippen LogP contribution in [0.5, 0.6) is 11.5 Å². The molecule has 0 fully saturated rings. The number of nitrogens with zero attached hydrogens (tertiary/aromatic N) is 1. The van der Waals surface area contributed by atoms with Gasteiger partial charge in [0.15, 0.2) is 17.3 Å². The molecule has 0 bridgehead atoms. The van der Waals surface area contributed by atoms with Crippen LogP contribution in [0.2, 0.25) is 0 Å². The van der Waals surface area contributed by atoms with Crippen molar-refractivity contribution in [3.63, 3.8) is 0 Å². The Balaban J connectivity index is 0.000000861. The molecule has 0 saturated heterocycles. The van der Waals surface area contributed by atoms with Gasteiger partial charge >= 0.3 is 0 Å². The molecule has 0 saturated carbocycles. The van der Waals surface area contributed by atoms with E-state index in [4.69, 9.17) is 15.2 Å². The first-order valence-electron chi connectivity index (χ1n) is 6.20. The largest absolute Gasteiger partial charge is 0.493 e. The van der Waals surface area contributed by atoms with Gasteiger partial charge in [0, 0.05) is 11.3 Å². The summed E-state index contributed by atoms with van der Waals surface area (Å²) >= 11 is 0. The zero-order valence-corrected chi connectivity index (χ0v) is 12.1. The van der Waals surface area contributed by atoms with E-state index in [1.807, 2.05) is 39.0 Å². The van der Waals surface area contributed by atoms with Gasteiger partial charge in [-0.1, -0.05) is 19.9 Å². The molecule has 0 spiro atoms. The van der Waals surface area contributed by atoms with Crippen LogP contribution in [-0.4, -0.2) is 24.4 Å². The zero-order valence-electron chi connectivity index (χ0n) is 12.1. The van der Waals surface area contributed by atoms with E-state index in [-0.39, 0.29) is 0 Å². The Hall–Kier alpha value is -2.17. The van der Waals surface area contributed by atoms with Crippen LogP contribution in [0.4, 0.5) is 5.82 Å². The van der Waals surface area contributed by atoms with Crippen LogP contribution >= 0.6 is 0 Å². The lowest BCUT2D eigenvalue weighted by molar-refractivity contribution is 0.355. The first kappa shape index (κ1) is 14.9. The lowest BCUT2D eigenvalue weighted by Crippen LogP contribution is -1.92. The minimum Gasteiger partial charge on any atom is -0.493 e. The highest BCUT2D eigenvalue weighted by Gasteiger charge is 2.12. The Morgan fingerprint density at radius 2 is 1.74 bits per heavy atom. The lowest BCUT2D eigenvalue weighted by atomic mass is 10.1. The summed E-state index contributed by atoms with van der Waals surface area (Å²) in [7, 11) is 3.21. The van der Waals surface area contributed by atoms with Gasteiger partial charge in [0.2, 0.25) is 0 Å². The topological polar surface area (TPSA) is 73.2 Å². The molecule has 0 atom stereocenters. The molecule has 1 heterocycles. The predicted molar refractivity (Wildman–Crippen MR) is 77.6 cm³/mol. The van der Waals surface area contributed by atoms with Crippen LogP contribution in [0.3, 0.4) is 0 Å². The molecule has 5 heteroatoms. The third-order valence-electron chi connectivity index (χ3n) is 2.65. The minimum atomic E-state index is 0.481. The predicted octanol–water partition coefficient (Wildman–Crippen LogP) is 3.01. The number of benzene rings is 1. The molecule has 19 heavy (non-hydrogen) atoms. The average molecular weight is 263 g/mol. The minimum absolute atomic E-state index is 0.481. The number of ether oxygens (including phenoxy) is 2. The SMILES string of the molecule is CC.COc1ccc(-c2c(N)n[nH]c2C)cc1OC. The fraction of sp³-hybridized carbons (Fsp3) is 0.357. The van der Waals surface area contributed by atoms with Gasteiger partial charge < -0.3 is 15.2 Å². The van der Waals surface area contributed by atoms with E-state index in [2.05, 4.69) is 10.2 Å². The Bertz CT molecular complexity index is 516. The van der Waals surface area contributed by atoms with Crippen LogP contribution < -0.4 is 15.2 Å². The molecular formula is C14H21N3O2. The number of hydrogen-bond acceptors (Lipinski definition) is 4. The number of aromatic nitrogens is 2. The average Bonchev–Trinajstić information content (AvgIpc) is 2.79. The number of aromatic amines is 1. The van der Waals surface area contributed by atoms with Gasteiger partial charge in [-0.05, 0) is 24.6 Å². The summed E-state index contributed by atoms with van der Waals surface area (Å²) < 4.78 is 10.4. The van der Waals surface area contributed by atoms with E-state index < -0.39 is 0 Å². The number of hydrogen-bond donors (Lipinski definition) is 2. The fourth-order valence-corrected chi connectivity index (χ4v) is 1.80. The maximum Gasteiger partial charge on any atom is 0.161 e. The second-order valence-corrected chi connectivity index (χ2v) is 3.68. The summed E-state index contributed by atoms with van der Waals surface area (Å²) in [5.74, 6) is 1.84. The molecule has 5 nitrogen and oxygen atoms in total. The third kappa shape index (κ3) is 2.99. The van der Waals surface area contributed by atoms with Gasteiger partial charge in [-0.25, -0.2) is 0 Å². The molecule has 0 aliphatic heterocycles. The second kappa shape index (κ2) is 6.68. The number of nitrogens with two attached hydrogens (primary N) is 1. The fourth-order valence-electron chi connectivity index (χ4n) is 1.80. The molecule has 104 valence electrons. The standard InChI is InChI=1S/C12H15N3O2.C2H6/c1-7-11(12(13)15-14-7)8-4-5-9(16-2)10(6-8)17-3;1-2/h4-6H,1-3H3,(H3,13,14,15);1-2H3. The third-order valence-corrected chi connectivity index (χ3v) is 2.65. The van der Waals surface area contributed by atoms with Crippen LogP contribution in [0.15, 0.2) is 18.2 Å². The molecule has 0 radical (unpaired) electrons. The number of rotatable bonds is 3. The smallest absolute Gasteiger partial charge is 0.161 e. The van der Waals surface area contributed by atoms with E-state index in [1.54, 1.807) is 14.2 Å². The molecule has 1 aromatic heterocycles. The van der Waals surface area contributed by atoms with Crippen molar-refractivity contribution >= 4 is 5.82 Å². The quantitative estimate of drug-likeness (QED) is 0.892. The van der Waals surface area contributed by atoms with Gasteiger partial charge in [0.05, 0.1) is 14.2 Å². The number of aryl methyl sites for hydroxylation is 1. The molecule has 0 amide bonds. The number of methoxy groups -OCH3 is 2. The zero-order chi connectivity index (χ0) is 14.4. The van der Waals surface area contributed by atoms with Crippen LogP contribution in [-0.2, 0) is 0 Å². The van der Waals surface area contributed by atoms with Crippen molar-refractivity contribution in [1.82, 2.24) is 10.2 Å². The van der Waals surface area contributed by atoms with Crippen LogP contribution in [0.25, 0.3) is 11.1 Å². The first-order valence-corrected chi connectivity index (χ1v) is 6.20. The summed E-state index contributed by atoms with van der Waals surface area (Å²) in [6.45, 7) is 5.93. The monoisotopic (exact) mass is 263 g/mol. The number of H-pyrrole nitrogens is 1. The van der Waals surface area contributed by atoms with Gasteiger partial charge in [-0.2, -0.15) is 5.10 Å². The Morgan fingerprint density at radius 3 is 2.21 bits per heavy atom. The summed E-state index contributed by atoms with van der Waals surface area (Å²) in [6.07, 6.45) is 0.